The molecule has 1 aliphatic heterocycles. The quantitative estimate of drug-likeness (QED) is 0.287. The van der Waals surface area contributed by atoms with Gasteiger partial charge in [-0.25, -0.2) is 4.79 Å². The molecule has 0 bridgehead atoms. The van der Waals surface area contributed by atoms with E-state index < -0.39 is 22.2 Å². The van der Waals surface area contributed by atoms with Crippen molar-refractivity contribution in [2.75, 3.05) is 6.61 Å². The van der Waals surface area contributed by atoms with Crippen LogP contribution < -0.4 is 5.32 Å². The van der Waals surface area contributed by atoms with E-state index in [1.165, 1.54) is 12.1 Å². The minimum Gasteiger partial charge on any atom is -0.462 e. The first kappa shape index (κ1) is 22.7. The van der Waals surface area contributed by atoms with Crippen LogP contribution in [-0.2, 0) is 14.3 Å². The van der Waals surface area contributed by atoms with Crippen LogP contribution in [0.5, 0.6) is 0 Å². The number of hydrogen-bond donors (Lipinski definition) is 1. The number of nitrogens with zero attached hydrogens (tertiary/aromatic N) is 1. The Morgan fingerprint density at radius 3 is 2.74 bits per heavy atom. The van der Waals surface area contributed by atoms with E-state index in [9.17, 15) is 19.7 Å². The van der Waals surface area contributed by atoms with Gasteiger partial charge in [-0.3, -0.25) is 14.9 Å². The fourth-order valence-electron chi connectivity index (χ4n) is 4.70. The van der Waals surface area contributed by atoms with Gasteiger partial charge in [-0.1, -0.05) is 45.7 Å². The van der Waals surface area contributed by atoms with Crippen LogP contribution in [0.1, 0.15) is 71.3 Å². The Balaban J connectivity index is 2.10. The topological polar surface area (TPSA) is 98.5 Å². The maximum Gasteiger partial charge on any atom is 0.336 e. The van der Waals surface area contributed by atoms with E-state index in [4.69, 9.17) is 4.74 Å². The summed E-state index contributed by atoms with van der Waals surface area (Å²) in [5.74, 6) is -0.790. The Morgan fingerprint density at radius 2 is 2.06 bits per heavy atom. The number of nitro benzene ring substituents is 1. The zero-order chi connectivity index (χ0) is 22.8. The van der Waals surface area contributed by atoms with Crippen LogP contribution in [0.3, 0.4) is 0 Å². The number of ether oxygens (including phenoxy) is 1. The van der Waals surface area contributed by atoms with Gasteiger partial charge in [0.25, 0.3) is 5.69 Å². The van der Waals surface area contributed by atoms with Crippen LogP contribution in [0.25, 0.3) is 0 Å². The molecule has 1 aromatic carbocycles. The summed E-state index contributed by atoms with van der Waals surface area (Å²) in [4.78, 5) is 36.5. The molecule has 0 amide bonds. The van der Waals surface area contributed by atoms with Crippen molar-refractivity contribution in [1.82, 2.24) is 5.32 Å². The molecular weight excluding hydrogens is 396 g/mol. The maximum atomic E-state index is 13.2. The third-order valence-electron chi connectivity index (χ3n) is 6.00. The highest BCUT2D eigenvalue weighted by atomic mass is 16.6. The average molecular weight is 427 g/mol. The molecule has 0 saturated carbocycles. The second kappa shape index (κ2) is 9.04. The lowest BCUT2D eigenvalue weighted by Crippen LogP contribution is -2.39. The molecule has 1 N–H and O–H groups in total. The van der Waals surface area contributed by atoms with Crippen LogP contribution >= 0.6 is 0 Å². The standard InChI is InChI=1S/C24H30N2O5/c1-5-6-7-11-31-23(28)20-15(2)25-19-13-18(27)14-24(3,4)22(19)21(20)16-9-8-10-17(12-16)26(29)30/h8-10,12,21,25H,5-7,11,13-14H2,1-4H3. The molecule has 1 aromatic rings. The summed E-state index contributed by atoms with van der Waals surface area (Å²) >= 11 is 0. The number of benzene rings is 1. The van der Waals surface area contributed by atoms with E-state index in [1.54, 1.807) is 19.1 Å². The minimum atomic E-state index is -0.502. The van der Waals surface area contributed by atoms with E-state index in [2.05, 4.69) is 12.2 Å². The number of nitrogens with one attached hydrogen (secondary N) is 1. The Morgan fingerprint density at radius 1 is 1.32 bits per heavy atom. The van der Waals surface area contributed by atoms with Crippen LogP contribution in [0, 0.1) is 15.5 Å². The highest BCUT2D eigenvalue weighted by Crippen LogP contribution is 2.51. The van der Waals surface area contributed by atoms with Gasteiger partial charge in [0.1, 0.15) is 5.78 Å². The number of carbonyl (C=O) groups excluding carboxylic acids is 2. The smallest absolute Gasteiger partial charge is 0.336 e. The normalized spacial score (nSPS) is 20.3. The van der Waals surface area contributed by atoms with E-state index in [0.717, 1.165) is 30.5 Å². The lowest BCUT2D eigenvalue weighted by atomic mass is 9.64. The monoisotopic (exact) mass is 426 g/mol. The highest BCUT2D eigenvalue weighted by molar-refractivity contribution is 5.94. The molecule has 7 heteroatoms. The Kier molecular flexibility index (Phi) is 6.62. The van der Waals surface area contributed by atoms with Gasteiger partial charge in [-0.2, -0.15) is 0 Å². The SMILES string of the molecule is CCCCCOC(=O)C1=C(C)NC2=C(C1c1cccc([N+](=O)[O-])c1)C(C)(C)CC(=O)C2. The van der Waals surface area contributed by atoms with Gasteiger partial charge in [-0.05, 0) is 29.9 Å². The number of hydrogen-bond acceptors (Lipinski definition) is 6. The maximum absolute atomic E-state index is 13.2. The van der Waals surface area contributed by atoms with Crippen molar-refractivity contribution < 1.29 is 19.2 Å². The molecule has 1 aliphatic carbocycles. The molecule has 2 aliphatic rings. The van der Waals surface area contributed by atoms with Crippen molar-refractivity contribution in [3.8, 4) is 0 Å². The first-order valence-corrected chi connectivity index (χ1v) is 10.8. The first-order valence-electron chi connectivity index (χ1n) is 10.8. The summed E-state index contributed by atoms with van der Waals surface area (Å²) in [7, 11) is 0. The van der Waals surface area contributed by atoms with Gasteiger partial charge in [0.05, 0.1) is 17.1 Å². The predicted molar refractivity (Wildman–Crippen MR) is 117 cm³/mol. The number of Topliss-reactive ketones (excluding diaryl/α,β-unsaturated/α-hetero) is 1. The number of dihydropyridines is 1. The van der Waals surface area contributed by atoms with Gasteiger partial charge in [0.15, 0.2) is 0 Å². The number of unbranched alkanes of at least 4 members (excludes halogenated alkanes) is 2. The molecule has 7 nitrogen and oxygen atoms in total. The van der Waals surface area contributed by atoms with E-state index in [0.29, 0.717) is 29.9 Å². The third kappa shape index (κ3) is 4.70. The second-order valence-electron chi connectivity index (χ2n) is 8.96. The molecule has 0 fully saturated rings. The fourth-order valence-corrected chi connectivity index (χ4v) is 4.70. The summed E-state index contributed by atoms with van der Waals surface area (Å²) in [6.45, 7) is 8.17. The van der Waals surface area contributed by atoms with Gasteiger partial charge in [-0.15, -0.1) is 0 Å². The molecule has 0 radical (unpaired) electrons. The summed E-state index contributed by atoms with van der Waals surface area (Å²) < 4.78 is 5.59. The Bertz CT molecular complexity index is 974. The minimum absolute atomic E-state index is 0.0313. The molecule has 3 rings (SSSR count). The molecule has 1 atom stereocenters. The van der Waals surface area contributed by atoms with Gasteiger partial charge in [0, 0.05) is 42.3 Å². The van der Waals surface area contributed by atoms with Crippen LogP contribution in [-0.4, -0.2) is 23.3 Å². The average Bonchev–Trinajstić information content (AvgIpc) is 2.69. The zero-order valence-corrected chi connectivity index (χ0v) is 18.6. The molecule has 0 saturated heterocycles. The number of rotatable bonds is 7. The van der Waals surface area contributed by atoms with E-state index in [-0.39, 0.29) is 17.9 Å². The summed E-state index contributed by atoms with van der Waals surface area (Å²) in [5.41, 5.74) is 2.93. The molecule has 0 aromatic heterocycles. The summed E-state index contributed by atoms with van der Waals surface area (Å²) in [6, 6.07) is 6.40. The van der Waals surface area contributed by atoms with Gasteiger partial charge in [0.2, 0.25) is 0 Å². The van der Waals surface area contributed by atoms with Crippen molar-refractivity contribution in [3.05, 3.63) is 62.5 Å². The van der Waals surface area contributed by atoms with Crippen LogP contribution in [0.4, 0.5) is 5.69 Å². The number of carbonyl (C=O) groups is 2. The van der Waals surface area contributed by atoms with Crippen molar-refractivity contribution >= 4 is 17.4 Å². The van der Waals surface area contributed by atoms with Crippen molar-refractivity contribution in [3.63, 3.8) is 0 Å². The third-order valence-corrected chi connectivity index (χ3v) is 6.00. The first-order chi connectivity index (χ1) is 14.7. The van der Waals surface area contributed by atoms with Crippen molar-refractivity contribution in [2.45, 2.75) is 65.7 Å². The summed E-state index contributed by atoms with van der Waals surface area (Å²) in [5, 5.41) is 14.7. The largest absolute Gasteiger partial charge is 0.462 e. The lowest BCUT2D eigenvalue weighted by Gasteiger charge is -2.43. The zero-order valence-electron chi connectivity index (χ0n) is 18.6. The van der Waals surface area contributed by atoms with Crippen molar-refractivity contribution in [2.24, 2.45) is 5.41 Å². The van der Waals surface area contributed by atoms with E-state index >= 15 is 0 Å². The second-order valence-corrected chi connectivity index (χ2v) is 8.96. The number of non-ortho nitro benzene ring substituents is 1. The number of esters is 1. The molecule has 1 heterocycles. The lowest BCUT2D eigenvalue weighted by molar-refractivity contribution is -0.384. The molecule has 31 heavy (non-hydrogen) atoms. The Hall–Kier alpha value is -2.96. The molecule has 0 spiro atoms. The Labute approximate surface area is 182 Å². The van der Waals surface area contributed by atoms with Crippen LogP contribution in [0.2, 0.25) is 0 Å². The van der Waals surface area contributed by atoms with Gasteiger partial charge >= 0.3 is 5.97 Å². The molecule has 1 unspecified atom stereocenters. The van der Waals surface area contributed by atoms with Crippen LogP contribution in [0.15, 0.2) is 46.8 Å². The van der Waals surface area contributed by atoms with E-state index in [1.807, 2.05) is 13.8 Å². The summed E-state index contributed by atoms with van der Waals surface area (Å²) in [6.07, 6.45) is 3.41. The molecular formula is C24H30N2O5. The molecule has 166 valence electrons. The number of nitro groups is 1. The fraction of sp³-hybridized carbons (Fsp3) is 0.500. The predicted octanol–water partition coefficient (Wildman–Crippen LogP) is 4.93. The highest BCUT2D eigenvalue weighted by Gasteiger charge is 2.45. The van der Waals surface area contributed by atoms with Crippen molar-refractivity contribution in [1.29, 1.82) is 0 Å². The number of allylic oxidation sites excluding steroid dienone is 3. The van der Waals surface area contributed by atoms with Gasteiger partial charge < -0.3 is 10.1 Å². The number of ketones is 1.